The van der Waals surface area contributed by atoms with Crippen LogP contribution in [0.3, 0.4) is 0 Å². The molecular weight excluding hydrogens is 281 g/mol. The number of halogens is 1. The minimum atomic E-state index is -3.73. The molecule has 0 aromatic heterocycles. The molecule has 2 rings (SSSR count). The normalized spacial score (nSPS) is 18.3. The summed E-state index contributed by atoms with van der Waals surface area (Å²) in [5.74, 6) is -0.696. The van der Waals surface area contributed by atoms with Crippen molar-refractivity contribution in [3.8, 4) is 0 Å². The van der Waals surface area contributed by atoms with Gasteiger partial charge in [-0.25, -0.2) is 12.8 Å². The first-order valence-corrected chi connectivity index (χ1v) is 8.17. The molecule has 1 aliphatic heterocycles. The fraction of sp³-hybridized carbons (Fsp3) is 0.538. The Morgan fingerprint density at radius 3 is 2.40 bits per heavy atom. The Labute approximate surface area is 119 Å². The van der Waals surface area contributed by atoms with Gasteiger partial charge in [0.25, 0.3) is 0 Å². The second-order valence-corrected chi connectivity index (χ2v) is 6.72. The number of nitrogens with zero attached hydrogens (tertiary/aromatic N) is 2. The zero-order valence-electron chi connectivity index (χ0n) is 11.3. The van der Waals surface area contributed by atoms with Gasteiger partial charge in [0.05, 0.1) is 0 Å². The van der Waals surface area contributed by atoms with E-state index in [1.807, 2.05) is 0 Å². The van der Waals surface area contributed by atoms with Crippen LogP contribution in [0.1, 0.15) is 6.42 Å². The summed E-state index contributed by atoms with van der Waals surface area (Å²) < 4.78 is 39.8. The van der Waals surface area contributed by atoms with Crippen molar-refractivity contribution in [3.63, 3.8) is 0 Å². The molecule has 112 valence electrons. The average Bonchev–Trinajstić information content (AvgIpc) is 2.46. The molecule has 1 aliphatic rings. The third kappa shape index (κ3) is 3.35. The predicted molar refractivity (Wildman–Crippen MR) is 75.3 cm³/mol. The molecule has 0 amide bonds. The molecule has 0 aliphatic carbocycles. The van der Waals surface area contributed by atoms with Crippen LogP contribution >= 0.6 is 0 Å². The van der Waals surface area contributed by atoms with Gasteiger partial charge in [-0.1, -0.05) is 12.1 Å². The maximum absolute atomic E-state index is 13.7. The molecule has 5 nitrogen and oxygen atoms in total. The minimum Gasteiger partial charge on any atom is -0.330 e. The van der Waals surface area contributed by atoms with E-state index in [9.17, 15) is 12.8 Å². The number of sulfonamides is 1. The van der Waals surface area contributed by atoms with Crippen molar-refractivity contribution in [1.29, 1.82) is 0 Å². The highest BCUT2D eigenvalue weighted by molar-refractivity contribution is 7.89. The van der Waals surface area contributed by atoms with Crippen LogP contribution in [0.15, 0.2) is 29.2 Å². The number of nitrogens with two attached hydrogens (primary N) is 1. The van der Waals surface area contributed by atoms with Gasteiger partial charge in [-0.2, -0.15) is 4.31 Å². The molecule has 0 spiro atoms. The van der Waals surface area contributed by atoms with Crippen LogP contribution in [-0.2, 0) is 10.0 Å². The quantitative estimate of drug-likeness (QED) is 0.859. The van der Waals surface area contributed by atoms with E-state index >= 15 is 0 Å². The Kier molecular flexibility index (Phi) is 5.09. The molecule has 1 aromatic carbocycles. The first-order valence-electron chi connectivity index (χ1n) is 6.73. The van der Waals surface area contributed by atoms with E-state index in [0.717, 1.165) is 13.0 Å². The highest BCUT2D eigenvalue weighted by Crippen LogP contribution is 2.20. The van der Waals surface area contributed by atoms with Gasteiger partial charge in [0.15, 0.2) is 0 Å². The zero-order valence-corrected chi connectivity index (χ0v) is 12.2. The second kappa shape index (κ2) is 6.62. The molecule has 20 heavy (non-hydrogen) atoms. The van der Waals surface area contributed by atoms with Crippen LogP contribution in [0.5, 0.6) is 0 Å². The Morgan fingerprint density at radius 1 is 1.15 bits per heavy atom. The van der Waals surface area contributed by atoms with E-state index in [4.69, 9.17) is 5.73 Å². The van der Waals surface area contributed by atoms with Crippen LogP contribution in [0, 0.1) is 5.82 Å². The lowest BCUT2D eigenvalue weighted by Gasteiger charge is -2.33. The topological polar surface area (TPSA) is 66.6 Å². The summed E-state index contributed by atoms with van der Waals surface area (Å²) in [6, 6.07) is 5.50. The molecule has 1 fully saturated rings. The first kappa shape index (κ1) is 15.4. The number of rotatable bonds is 5. The van der Waals surface area contributed by atoms with E-state index in [0.29, 0.717) is 32.7 Å². The summed E-state index contributed by atoms with van der Waals surface area (Å²) in [7, 11) is -3.73. The SMILES string of the molecule is NCCCN1CCN(S(=O)(=O)c2ccccc2F)CC1. The third-order valence-electron chi connectivity index (χ3n) is 3.46. The van der Waals surface area contributed by atoms with Crippen molar-refractivity contribution < 1.29 is 12.8 Å². The number of benzene rings is 1. The lowest BCUT2D eigenvalue weighted by molar-refractivity contribution is 0.187. The van der Waals surface area contributed by atoms with Crippen LogP contribution in [0.2, 0.25) is 0 Å². The molecule has 0 bridgehead atoms. The van der Waals surface area contributed by atoms with Crippen molar-refractivity contribution in [1.82, 2.24) is 9.21 Å². The maximum atomic E-state index is 13.7. The molecular formula is C13H20FN3O2S. The van der Waals surface area contributed by atoms with Crippen molar-refractivity contribution in [2.45, 2.75) is 11.3 Å². The van der Waals surface area contributed by atoms with Crippen molar-refractivity contribution in [2.24, 2.45) is 5.73 Å². The van der Waals surface area contributed by atoms with Crippen molar-refractivity contribution >= 4 is 10.0 Å². The van der Waals surface area contributed by atoms with Gasteiger partial charge in [0.1, 0.15) is 10.7 Å². The fourth-order valence-corrected chi connectivity index (χ4v) is 3.79. The summed E-state index contributed by atoms with van der Waals surface area (Å²) in [6.45, 7) is 3.61. The minimum absolute atomic E-state index is 0.240. The Balaban J connectivity index is 2.04. The molecule has 0 atom stereocenters. The molecule has 2 N–H and O–H groups in total. The summed E-state index contributed by atoms with van der Waals surface area (Å²) in [5.41, 5.74) is 5.46. The summed E-state index contributed by atoms with van der Waals surface area (Å²) in [6.07, 6.45) is 0.903. The van der Waals surface area contributed by atoms with E-state index < -0.39 is 15.8 Å². The number of hydrogen-bond donors (Lipinski definition) is 1. The van der Waals surface area contributed by atoms with E-state index in [1.165, 1.54) is 28.6 Å². The van der Waals surface area contributed by atoms with Crippen molar-refractivity contribution in [2.75, 3.05) is 39.3 Å². The van der Waals surface area contributed by atoms with Crippen LogP contribution in [0.25, 0.3) is 0 Å². The van der Waals surface area contributed by atoms with Gasteiger partial charge in [-0.3, -0.25) is 0 Å². The van der Waals surface area contributed by atoms with Crippen LogP contribution in [0.4, 0.5) is 4.39 Å². The lowest BCUT2D eigenvalue weighted by atomic mass is 10.3. The van der Waals surface area contributed by atoms with Gasteiger partial charge >= 0.3 is 0 Å². The number of hydrogen-bond acceptors (Lipinski definition) is 4. The first-order chi connectivity index (χ1) is 9.55. The number of piperazine rings is 1. The zero-order chi connectivity index (χ0) is 14.6. The molecule has 0 radical (unpaired) electrons. The summed E-state index contributed by atoms with van der Waals surface area (Å²) in [4.78, 5) is 1.94. The standard InChI is InChI=1S/C13H20FN3O2S/c14-12-4-1-2-5-13(12)20(18,19)17-10-8-16(9-11-17)7-3-6-15/h1-2,4-5H,3,6-11,15H2. The second-order valence-electron chi connectivity index (χ2n) is 4.82. The molecule has 0 saturated carbocycles. The van der Waals surface area contributed by atoms with Gasteiger partial charge < -0.3 is 10.6 Å². The van der Waals surface area contributed by atoms with E-state index in [1.54, 1.807) is 0 Å². The van der Waals surface area contributed by atoms with Crippen LogP contribution in [-0.4, -0.2) is 56.9 Å². The van der Waals surface area contributed by atoms with Gasteiger partial charge in [0, 0.05) is 26.2 Å². The largest absolute Gasteiger partial charge is 0.330 e. The van der Waals surface area contributed by atoms with Gasteiger partial charge in [0.2, 0.25) is 10.0 Å². The Morgan fingerprint density at radius 2 is 1.80 bits per heavy atom. The molecule has 1 heterocycles. The Bertz CT molecular complexity index is 542. The van der Waals surface area contributed by atoms with Crippen LogP contribution < -0.4 is 5.73 Å². The molecule has 7 heteroatoms. The average molecular weight is 301 g/mol. The van der Waals surface area contributed by atoms with E-state index in [2.05, 4.69) is 4.90 Å². The monoisotopic (exact) mass is 301 g/mol. The smallest absolute Gasteiger partial charge is 0.246 e. The molecule has 0 unspecified atom stereocenters. The third-order valence-corrected chi connectivity index (χ3v) is 5.40. The fourth-order valence-electron chi connectivity index (χ4n) is 2.30. The highest BCUT2D eigenvalue weighted by atomic mass is 32.2. The van der Waals surface area contributed by atoms with E-state index in [-0.39, 0.29) is 4.90 Å². The van der Waals surface area contributed by atoms with Gasteiger partial charge in [-0.05, 0) is 31.6 Å². The van der Waals surface area contributed by atoms with Crippen molar-refractivity contribution in [3.05, 3.63) is 30.1 Å². The highest BCUT2D eigenvalue weighted by Gasteiger charge is 2.30. The van der Waals surface area contributed by atoms with Gasteiger partial charge in [-0.15, -0.1) is 0 Å². The predicted octanol–water partition coefficient (Wildman–Crippen LogP) is 0.481. The molecule has 1 saturated heterocycles. The molecule has 1 aromatic rings. The Hall–Kier alpha value is -1.02. The summed E-state index contributed by atoms with van der Waals surface area (Å²) in [5, 5.41) is 0. The summed E-state index contributed by atoms with van der Waals surface area (Å²) >= 11 is 0. The lowest BCUT2D eigenvalue weighted by Crippen LogP contribution is -2.49. The maximum Gasteiger partial charge on any atom is 0.246 e.